The number of aromatic nitrogens is 3. The number of aryl methyl sites for hydroxylation is 2. The average molecular weight is 299 g/mol. The van der Waals surface area contributed by atoms with Crippen molar-refractivity contribution in [2.24, 2.45) is 0 Å². The Morgan fingerprint density at radius 2 is 2.00 bits per heavy atom. The molecule has 4 nitrogen and oxygen atoms in total. The van der Waals surface area contributed by atoms with E-state index in [9.17, 15) is 0 Å². The molecule has 0 aliphatic heterocycles. The maximum absolute atomic E-state index is 4.37. The van der Waals surface area contributed by atoms with Crippen LogP contribution < -0.4 is 5.32 Å². The van der Waals surface area contributed by atoms with Gasteiger partial charge in [-0.25, -0.2) is 15.0 Å². The van der Waals surface area contributed by atoms with Gasteiger partial charge in [0.25, 0.3) is 0 Å². The third-order valence-corrected chi connectivity index (χ3v) is 3.51. The zero-order valence-corrected chi connectivity index (χ0v) is 11.4. The van der Waals surface area contributed by atoms with E-state index in [4.69, 9.17) is 0 Å². The van der Waals surface area contributed by atoms with E-state index in [-0.39, 0.29) is 0 Å². The molecule has 1 N–H and O–H groups in total. The van der Waals surface area contributed by atoms with Crippen molar-refractivity contribution < 1.29 is 0 Å². The number of hydrogen-bond acceptors (Lipinski definition) is 5. The van der Waals surface area contributed by atoms with E-state index < -0.39 is 0 Å². The molecule has 0 atom stereocenters. The quantitative estimate of drug-likeness (QED) is 0.946. The second-order valence-electron chi connectivity index (χ2n) is 3.32. The fraction of sp³-hybridized carbons (Fsp3) is 0.300. The maximum atomic E-state index is 4.37. The summed E-state index contributed by atoms with van der Waals surface area (Å²) in [5, 5.41) is 4.26. The van der Waals surface area contributed by atoms with E-state index in [1.807, 2.05) is 13.8 Å². The van der Waals surface area contributed by atoms with E-state index >= 15 is 0 Å². The molecule has 0 bridgehead atoms. The third-order valence-electron chi connectivity index (χ3n) is 2.03. The third kappa shape index (κ3) is 2.76. The highest BCUT2D eigenvalue weighted by Gasteiger charge is 2.04. The maximum Gasteiger partial charge on any atom is 0.222 e. The molecule has 16 heavy (non-hydrogen) atoms. The van der Waals surface area contributed by atoms with Gasteiger partial charge in [-0.05, 0) is 29.8 Å². The zero-order chi connectivity index (χ0) is 11.5. The number of anilines is 1. The van der Waals surface area contributed by atoms with Crippen LogP contribution in [0.4, 0.5) is 5.95 Å². The minimum Gasteiger partial charge on any atom is -0.349 e. The summed E-state index contributed by atoms with van der Waals surface area (Å²) in [6, 6.07) is 0. The second kappa shape index (κ2) is 4.88. The molecule has 0 spiro atoms. The van der Waals surface area contributed by atoms with Gasteiger partial charge in [-0.2, -0.15) is 0 Å². The first-order valence-electron chi connectivity index (χ1n) is 4.79. The van der Waals surface area contributed by atoms with Crippen molar-refractivity contribution in [2.45, 2.75) is 20.4 Å². The molecule has 0 fully saturated rings. The summed E-state index contributed by atoms with van der Waals surface area (Å²) in [5.74, 6) is 0.633. The van der Waals surface area contributed by atoms with Crippen molar-refractivity contribution in [2.75, 3.05) is 5.32 Å². The van der Waals surface area contributed by atoms with Gasteiger partial charge in [0, 0.05) is 17.3 Å². The fourth-order valence-electron chi connectivity index (χ4n) is 1.30. The molecule has 2 heterocycles. The predicted octanol–water partition coefficient (Wildman–Crippen LogP) is 2.92. The molecule has 0 aromatic carbocycles. The average Bonchev–Trinajstić information content (AvgIpc) is 2.57. The van der Waals surface area contributed by atoms with Crippen LogP contribution >= 0.6 is 27.3 Å². The normalized spacial score (nSPS) is 10.4. The number of nitrogens with zero attached hydrogens (tertiary/aromatic N) is 3. The van der Waals surface area contributed by atoms with Crippen LogP contribution in [0, 0.1) is 13.8 Å². The zero-order valence-electron chi connectivity index (χ0n) is 8.99. The van der Waals surface area contributed by atoms with E-state index in [0.29, 0.717) is 5.95 Å². The lowest BCUT2D eigenvalue weighted by atomic mass is 10.4. The first-order valence-corrected chi connectivity index (χ1v) is 6.40. The smallest absolute Gasteiger partial charge is 0.222 e. The summed E-state index contributed by atoms with van der Waals surface area (Å²) >= 11 is 4.99. The molecule has 0 saturated heterocycles. The van der Waals surface area contributed by atoms with Crippen molar-refractivity contribution in [3.63, 3.8) is 0 Å². The Morgan fingerprint density at radius 3 is 2.56 bits per heavy atom. The predicted molar refractivity (Wildman–Crippen MR) is 68.6 cm³/mol. The van der Waals surface area contributed by atoms with Gasteiger partial charge in [-0.1, -0.05) is 0 Å². The summed E-state index contributed by atoms with van der Waals surface area (Å²) in [6.07, 6.45) is 3.44. The van der Waals surface area contributed by atoms with E-state index in [1.54, 1.807) is 23.7 Å². The van der Waals surface area contributed by atoms with Crippen molar-refractivity contribution in [1.82, 2.24) is 15.0 Å². The van der Waals surface area contributed by atoms with E-state index in [2.05, 4.69) is 36.2 Å². The molecule has 84 valence electrons. The highest BCUT2D eigenvalue weighted by molar-refractivity contribution is 9.10. The van der Waals surface area contributed by atoms with Crippen LogP contribution in [-0.2, 0) is 6.54 Å². The largest absolute Gasteiger partial charge is 0.349 e. The number of thiazole rings is 1. The summed E-state index contributed by atoms with van der Waals surface area (Å²) < 4.78 is 0.878. The molecular formula is C10H11BrN4S. The minimum absolute atomic E-state index is 0.633. The topological polar surface area (TPSA) is 50.7 Å². The monoisotopic (exact) mass is 298 g/mol. The van der Waals surface area contributed by atoms with Crippen molar-refractivity contribution in [3.8, 4) is 0 Å². The van der Waals surface area contributed by atoms with Crippen LogP contribution in [0.25, 0.3) is 0 Å². The standard InChI is InChI=1S/C10H11BrN4S/c1-6-9(16-7(2)15-6)5-14-10-12-3-8(11)4-13-10/h3-4H,5H2,1-2H3,(H,12,13,14). The van der Waals surface area contributed by atoms with Crippen LogP contribution in [0.15, 0.2) is 16.9 Å². The lowest BCUT2D eigenvalue weighted by Crippen LogP contribution is -2.02. The molecule has 0 saturated carbocycles. The lowest BCUT2D eigenvalue weighted by Gasteiger charge is -2.02. The van der Waals surface area contributed by atoms with Crippen molar-refractivity contribution >= 4 is 33.2 Å². The Hall–Kier alpha value is -1.01. The van der Waals surface area contributed by atoms with Gasteiger partial charge in [0.15, 0.2) is 0 Å². The second-order valence-corrected chi connectivity index (χ2v) is 5.52. The molecule has 0 aliphatic rings. The van der Waals surface area contributed by atoms with Crippen LogP contribution in [0.1, 0.15) is 15.6 Å². The Bertz CT molecular complexity index is 480. The van der Waals surface area contributed by atoms with Gasteiger partial charge < -0.3 is 5.32 Å². The van der Waals surface area contributed by atoms with Crippen molar-refractivity contribution in [3.05, 3.63) is 32.4 Å². The lowest BCUT2D eigenvalue weighted by molar-refractivity contribution is 1.04. The minimum atomic E-state index is 0.633. The van der Waals surface area contributed by atoms with E-state index in [0.717, 1.165) is 21.7 Å². The molecule has 2 aromatic rings. The van der Waals surface area contributed by atoms with Crippen molar-refractivity contribution in [1.29, 1.82) is 0 Å². The van der Waals surface area contributed by atoms with Crippen LogP contribution in [-0.4, -0.2) is 15.0 Å². The van der Waals surface area contributed by atoms with Crippen LogP contribution in [0.5, 0.6) is 0 Å². The SMILES string of the molecule is Cc1nc(C)c(CNc2ncc(Br)cn2)s1. The molecular weight excluding hydrogens is 288 g/mol. The Kier molecular flexibility index (Phi) is 3.50. The number of nitrogens with one attached hydrogen (secondary N) is 1. The highest BCUT2D eigenvalue weighted by Crippen LogP contribution is 2.18. The van der Waals surface area contributed by atoms with Gasteiger partial charge in [0.1, 0.15) is 0 Å². The van der Waals surface area contributed by atoms with E-state index in [1.165, 1.54) is 4.88 Å². The molecule has 6 heteroatoms. The Balaban J connectivity index is 2.02. The molecule has 2 rings (SSSR count). The first-order chi connectivity index (χ1) is 7.65. The van der Waals surface area contributed by atoms with Gasteiger partial charge >= 0.3 is 0 Å². The summed E-state index contributed by atoms with van der Waals surface area (Å²) in [4.78, 5) is 13.9. The Labute approximate surface area is 106 Å². The molecule has 0 radical (unpaired) electrons. The van der Waals surface area contributed by atoms with Crippen LogP contribution in [0.2, 0.25) is 0 Å². The summed E-state index contributed by atoms with van der Waals surface area (Å²) in [5.41, 5.74) is 1.08. The first kappa shape index (κ1) is 11.5. The van der Waals surface area contributed by atoms with Gasteiger partial charge in [0.2, 0.25) is 5.95 Å². The molecule has 0 amide bonds. The summed E-state index contributed by atoms with van der Waals surface area (Å²) in [7, 11) is 0. The summed E-state index contributed by atoms with van der Waals surface area (Å²) in [6.45, 7) is 4.75. The Morgan fingerprint density at radius 1 is 1.31 bits per heavy atom. The fourth-order valence-corrected chi connectivity index (χ4v) is 2.38. The van der Waals surface area contributed by atoms with Gasteiger partial charge in [-0.3, -0.25) is 0 Å². The number of hydrogen-bond donors (Lipinski definition) is 1. The molecule has 0 unspecified atom stereocenters. The molecule has 2 aromatic heterocycles. The number of rotatable bonds is 3. The molecule has 0 aliphatic carbocycles. The highest BCUT2D eigenvalue weighted by atomic mass is 79.9. The van der Waals surface area contributed by atoms with Crippen LogP contribution in [0.3, 0.4) is 0 Å². The number of halogens is 1. The van der Waals surface area contributed by atoms with Gasteiger partial charge in [0.05, 0.1) is 21.7 Å². The van der Waals surface area contributed by atoms with Gasteiger partial charge in [-0.15, -0.1) is 11.3 Å².